The van der Waals surface area contributed by atoms with Crippen LogP contribution in [0.25, 0.3) is 0 Å². The third-order valence-electron chi connectivity index (χ3n) is 1.86. The number of likely N-dealkylation sites (tertiary alicyclic amines) is 1. The molecule has 0 aromatic heterocycles. The molecule has 1 rings (SSSR count). The lowest BCUT2D eigenvalue weighted by Gasteiger charge is -2.35. The molecular formula is C7H13N3O3. The van der Waals surface area contributed by atoms with Crippen molar-refractivity contribution in [3.05, 3.63) is 0 Å². The minimum atomic E-state index is -0.825. The van der Waals surface area contributed by atoms with Crippen LogP contribution in [0.5, 0.6) is 0 Å². The molecule has 3 amide bonds. The Morgan fingerprint density at radius 3 is 2.62 bits per heavy atom. The predicted molar refractivity (Wildman–Crippen MR) is 44.8 cm³/mol. The number of urea groups is 1. The molecule has 0 radical (unpaired) electrons. The molecule has 0 aromatic rings. The number of hydrogen-bond acceptors (Lipinski definition) is 4. The second-order valence-electron chi connectivity index (χ2n) is 3.08. The fraction of sp³-hybridized carbons (Fsp3) is 0.714. The highest BCUT2D eigenvalue weighted by molar-refractivity contribution is 5.93. The highest BCUT2D eigenvalue weighted by atomic mass is 16.3. The molecule has 1 aliphatic heterocycles. The van der Waals surface area contributed by atoms with Gasteiger partial charge >= 0.3 is 6.03 Å². The van der Waals surface area contributed by atoms with Gasteiger partial charge in [0.25, 0.3) is 0 Å². The first-order chi connectivity index (χ1) is 6.08. The third kappa shape index (κ3) is 3.39. The molecule has 4 N–H and O–H groups in total. The van der Waals surface area contributed by atoms with Crippen molar-refractivity contribution in [2.75, 3.05) is 19.6 Å². The quantitative estimate of drug-likeness (QED) is 0.488. The minimum absolute atomic E-state index is 0.232. The first-order valence-electron chi connectivity index (χ1n) is 4.07. The second kappa shape index (κ2) is 4.20. The molecule has 0 aliphatic carbocycles. The Morgan fingerprint density at radius 1 is 1.54 bits per heavy atom. The van der Waals surface area contributed by atoms with Gasteiger partial charge in [0.15, 0.2) is 0 Å². The van der Waals surface area contributed by atoms with E-state index in [-0.39, 0.29) is 18.4 Å². The van der Waals surface area contributed by atoms with Crippen molar-refractivity contribution < 1.29 is 14.7 Å². The molecule has 0 bridgehead atoms. The number of nitrogens with two attached hydrogens (primary N) is 1. The van der Waals surface area contributed by atoms with Crippen LogP contribution < -0.4 is 11.1 Å². The molecule has 13 heavy (non-hydrogen) atoms. The van der Waals surface area contributed by atoms with Gasteiger partial charge in [0, 0.05) is 26.1 Å². The summed E-state index contributed by atoms with van der Waals surface area (Å²) < 4.78 is 0. The van der Waals surface area contributed by atoms with Crippen LogP contribution >= 0.6 is 0 Å². The maximum atomic E-state index is 10.9. The van der Waals surface area contributed by atoms with Crippen molar-refractivity contribution in [2.24, 2.45) is 5.73 Å². The normalized spacial score (nSPS) is 17.9. The van der Waals surface area contributed by atoms with Crippen LogP contribution in [0.1, 0.15) is 6.42 Å². The van der Waals surface area contributed by atoms with Crippen molar-refractivity contribution in [1.82, 2.24) is 10.2 Å². The Hall–Kier alpha value is -1.14. The van der Waals surface area contributed by atoms with Crippen molar-refractivity contribution in [1.29, 1.82) is 0 Å². The van der Waals surface area contributed by atoms with Crippen LogP contribution in [0.4, 0.5) is 4.79 Å². The maximum Gasteiger partial charge on any atom is 0.318 e. The van der Waals surface area contributed by atoms with Crippen LogP contribution in [0.15, 0.2) is 0 Å². The third-order valence-corrected chi connectivity index (χ3v) is 1.86. The number of nitrogens with zero attached hydrogens (tertiary/aromatic N) is 1. The molecule has 1 saturated heterocycles. The van der Waals surface area contributed by atoms with E-state index in [9.17, 15) is 9.59 Å². The monoisotopic (exact) mass is 187 g/mol. The number of rotatable bonds is 3. The van der Waals surface area contributed by atoms with Gasteiger partial charge in [0.1, 0.15) is 0 Å². The maximum absolute atomic E-state index is 10.9. The van der Waals surface area contributed by atoms with Gasteiger partial charge in [-0.2, -0.15) is 0 Å². The molecule has 1 aliphatic rings. The summed E-state index contributed by atoms with van der Waals surface area (Å²) in [4.78, 5) is 23.0. The number of carbonyl (C=O) groups is 2. The van der Waals surface area contributed by atoms with Crippen LogP contribution in [0.2, 0.25) is 0 Å². The molecule has 1 fully saturated rings. The van der Waals surface area contributed by atoms with Crippen molar-refractivity contribution in [3.8, 4) is 0 Å². The first-order valence-corrected chi connectivity index (χ1v) is 4.07. The predicted octanol–water partition coefficient (Wildman–Crippen LogP) is -1.75. The number of imide groups is 1. The Labute approximate surface area is 75.7 Å². The molecule has 0 aromatic carbocycles. The number of amides is 3. The minimum Gasteiger partial charge on any atom is -0.390 e. The summed E-state index contributed by atoms with van der Waals surface area (Å²) in [5.74, 6) is -0.381. The van der Waals surface area contributed by atoms with E-state index < -0.39 is 6.03 Å². The van der Waals surface area contributed by atoms with E-state index in [1.54, 1.807) is 0 Å². The van der Waals surface area contributed by atoms with Gasteiger partial charge in [-0.1, -0.05) is 0 Å². The molecule has 74 valence electrons. The summed E-state index contributed by atoms with van der Waals surface area (Å²) in [6.45, 7) is 1.75. The highest BCUT2D eigenvalue weighted by Crippen LogP contribution is 2.06. The number of aliphatic hydroxyl groups is 1. The van der Waals surface area contributed by atoms with Crippen molar-refractivity contribution in [2.45, 2.75) is 12.5 Å². The van der Waals surface area contributed by atoms with Gasteiger partial charge in [-0.3, -0.25) is 15.0 Å². The fourth-order valence-electron chi connectivity index (χ4n) is 1.18. The van der Waals surface area contributed by atoms with E-state index >= 15 is 0 Å². The number of nitrogens with one attached hydrogen (secondary N) is 1. The van der Waals surface area contributed by atoms with Crippen LogP contribution in [0.3, 0.4) is 0 Å². The zero-order valence-electron chi connectivity index (χ0n) is 7.19. The number of aliphatic hydroxyl groups excluding tert-OH is 1. The summed E-state index contributed by atoms with van der Waals surface area (Å²) >= 11 is 0. The zero-order chi connectivity index (χ0) is 9.84. The van der Waals surface area contributed by atoms with Gasteiger partial charge in [-0.25, -0.2) is 4.79 Å². The largest absolute Gasteiger partial charge is 0.390 e. The fourth-order valence-corrected chi connectivity index (χ4v) is 1.18. The average molecular weight is 187 g/mol. The topological polar surface area (TPSA) is 95.7 Å². The highest BCUT2D eigenvalue weighted by Gasteiger charge is 2.24. The second-order valence-corrected chi connectivity index (χ2v) is 3.08. The van der Waals surface area contributed by atoms with E-state index in [1.807, 2.05) is 10.2 Å². The summed E-state index contributed by atoms with van der Waals surface area (Å²) in [5, 5.41) is 10.9. The molecule has 0 unspecified atom stereocenters. The van der Waals surface area contributed by atoms with E-state index in [0.29, 0.717) is 19.6 Å². The number of β-amino-alcohol motifs (C(OH)–C–C–N with tert-alkyl or cyclic N) is 1. The molecule has 6 heteroatoms. The van der Waals surface area contributed by atoms with Crippen LogP contribution in [0, 0.1) is 0 Å². The summed E-state index contributed by atoms with van der Waals surface area (Å²) in [6, 6.07) is -0.825. The molecule has 0 spiro atoms. The van der Waals surface area contributed by atoms with E-state index in [1.165, 1.54) is 0 Å². The van der Waals surface area contributed by atoms with Gasteiger partial charge in [-0.15, -0.1) is 0 Å². The lowest BCUT2D eigenvalue weighted by molar-refractivity contribution is -0.121. The van der Waals surface area contributed by atoms with E-state index in [0.717, 1.165) is 0 Å². The van der Waals surface area contributed by atoms with Gasteiger partial charge < -0.3 is 10.8 Å². The van der Waals surface area contributed by atoms with Crippen molar-refractivity contribution in [3.63, 3.8) is 0 Å². The first kappa shape index (κ1) is 9.94. The average Bonchev–Trinajstić information content (AvgIpc) is 1.94. The van der Waals surface area contributed by atoms with Crippen LogP contribution in [-0.4, -0.2) is 47.7 Å². The lowest BCUT2D eigenvalue weighted by Crippen LogP contribution is -2.51. The molecule has 6 nitrogen and oxygen atoms in total. The number of hydrogen-bond donors (Lipinski definition) is 3. The zero-order valence-corrected chi connectivity index (χ0v) is 7.19. The van der Waals surface area contributed by atoms with Gasteiger partial charge in [0.2, 0.25) is 5.91 Å². The smallest absolute Gasteiger partial charge is 0.318 e. The molecule has 1 heterocycles. The van der Waals surface area contributed by atoms with Gasteiger partial charge in [0.05, 0.1) is 6.10 Å². The number of primary amides is 1. The van der Waals surface area contributed by atoms with E-state index in [2.05, 4.69) is 0 Å². The Bertz CT molecular complexity index is 213. The Balaban J connectivity index is 2.05. The molecule has 0 saturated carbocycles. The standard InChI is InChI=1S/C7H13N3O3/c8-7(13)9-6(12)1-2-10-3-5(11)4-10/h5,11H,1-4H2,(H3,8,9,12,13). The summed E-state index contributed by atoms with van der Waals surface area (Å²) in [7, 11) is 0. The molecule has 0 atom stereocenters. The Morgan fingerprint density at radius 2 is 2.15 bits per heavy atom. The lowest BCUT2D eigenvalue weighted by atomic mass is 10.1. The SMILES string of the molecule is NC(=O)NC(=O)CCN1CC(O)C1. The number of carbonyl (C=O) groups excluding carboxylic acids is 2. The summed E-state index contributed by atoms with van der Waals surface area (Å²) in [6.07, 6.45) is -0.0328. The molecular weight excluding hydrogens is 174 g/mol. The van der Waals surface area contributed by atoms with Crippen LogP contribution in [-0.2, 0) is 4.79 Å². The Kier molecular flexibility index (Phi) is 3.21. The summed E-state index contributed by atoms with van der Waals surface area (Å²) in [5.41, 5.74) is 4.74. The van der Waals surface area contributed by atoms with Crippen molar-refractivity contribution >= 4 is 11.9 Å². The van der Waals surface area contributed by atoms with Gasteiger partial charge in [-0.05, 0) is 0 Å². The van der Waals surface area contributed by atoms with E-state index in [4.69, 9.17) is 10.8 Å².